The van der Waals surface area contributed by atoms with Gasteiger partial charge in [0.2, 0.25) is 0 Å². The number of carbonyl (C=O) groups excluding carboxylic acids is 1. The van der Waals surface area contributed by atoms with Crippen LogP contribution in [0.5, 0.6) is 0 Å². The highest BCUT2D eigenvalue weighted by Gasteiger charge is 2.20. The molecule has 0 bridgehead atoms. The smallest absolute Gasteiger partial charge is 0.253 e. The standard InChI is InChI=1S/C29H26FNO2S/c30-25-13-11-23(12-14-25)20-33-28(19-22-7-3-1-4-8-22)29(32)31-26-15-17-27(18-16-26)34-21-24-9-5-2-6-10-24/h1-18,28H,19-21H2,(H,31,32). The summed E-state index contributed by atoms with van der Waals surface area (Å²) in [5.41, 5.74) is 3.81. The van der Waals surface area contributed by atoms with Gasteiger partial charge in [0.15, 0.2) is 0 Å². The Morgan fingerprint density at radius 1 is 0.765 bits per heavy atom. The number of amides is 1. The zero-order valence-electron chi connectivity index (χ0n) is 18.7. The van der Waals surface area contributed by atoms with Crippen LogP contribution in [0.2, 0.25) is 0 Å². The first-order chi connectivity index (χ1) is 16.7. The van der Waals surface area contributed by atoms with E-state index in [1.165, 1.54) is 17.7 Å². The summed E-state index contributed by atoms with van der Waals surface area (Å²) in [6.45, 7) is 0.222. The Morgan fingerprint density at radius 3 is 2.03 bits per heavy atom. The third-order valence-electron chi connectivity index (χ3n) is 5.29. The summed E-state index contributed by atoms with van der Waals surface area (Å²) < 4.78 is 19.2. The van der Waals surface area contributed by atoms with E-state index in [0.717, 1.165) is 27.5 Å². The van der Waals surface area contributed by atoms with Crippen molar-refractivity contribution in [2.45, 2.75) is 29.8 Å². The predicted molar refractivity (Wildman–Crippen MR) is 136 cm³/mol. The molecule has 0 heterocycles. The van der Waals surface area contributed by atoms with Gasteiger partial charge >= 0.3 is 0 Å². The van der Waals surface area contributed by atoms with Crippen LogP contribution < -0.4 is 5.32 Å². The SMILES string of the molecule is O=C(Nc1ccc(SCc2ccccc2)cc1)C(Cc1ccccc1)OCc1ccc(F)cc1. The van der Waals surface area contributed by atoms with Crippen molar-refractivity contribution in [3.63, 3.8) is 0 Å². The van der Waals surface area contributed by atoms with Gasteiger partial charge in [-0.3, -0.25) is 4.79 Å². The molecular formula is C29H26FNO2S. The van der Waals surface area contributed by atoms with Crippen molar-refractivity contribution in [2.75, 3.05) is 5.32 Å². The number of carbonyl (C=O) groups is 1. The number of benzene rings is 4. The van der Waals surface area contributed by atoms with E-state index in [9.17, 15) is 9.18 Å². The van der Waals surface area contributed by atoms with Crippen LogP contribution in [0.25, 0.3) is 0 Å². The van der Waals surface area contributed by atoms with Crippen LogP contribution in [-0.4, -0.2) is 12.0 Å². The maximum absolute atomic E-state index is 13.2. The zero-order chi connectivity index (χ0) is 23.6. The second-order valence-electron chi connectivity index (χ2n) is 7.90. The molecule has 4 rings (SSSR count). The second kappa shape index (κ2) is 12.2. The van der Waals surface area contributed by atoms with Gasteiger partial charge in [0, 0.05) is 22.8 Å². The first-order valence-corrected chi connectivity index (χ1v) is 12.1. The normalized spacial score (nSPS) is 11.7. The number of thioether (sulfide) groups is 1. The average molecular weight is 472 g/mol. The molecule has 0 aliphatic heterocycles. The summed E-state index contributed by atoms with van der Waals surface area (Å²) in [5.74, 6) is 0.381. The maximum atomic E-state index is 13.2. The minimum atomic E-state index is -0.681. The minimum absolute atomic E-state index is 0.212. The molecule has 0 aliphatic carbocycles. The summed E-state index contributed by atoms with van der Waals surface area (Å²) in [6.07, 6.45) is -0.238. The number of nitrogens with one attached hydrogen (secondary N) is 1. The quantitative estimate of drug-likeness (QED) is 0.256. The summed E-state index contributed by atoms with van der Waals surface area (Å²) in [6, 6.07) is 34.0. The largest absolute Gasteiger partial charge is 0.363 e. The fourth-order valence-electron chi connectivity index (χ4n) is 3.43. The monoisotopic (exact) mass is 471 g/mol. The van der Waals surface area contributed by atoms with Crippen LogP contribution in [0, 0.1) is 5.82 Å². The number of rotatable bonds is 10. The molecule has 1 unspecified atom stereocenters. The van der Waals surface area contributed by atoms with E-state index < -0.39 is 6.10 Å². The molecule has 0 aromatic heterocycles. The molecule has 1 N–H and O–H groups in total. The van der Waals surface area contributed by atoms with Crippen LogP contribution in [0.15, 0.2) is 114 Å². The van der Waals surface area contributed by atoms with Gasteiger partial charge in [-0.15, -0.1) is 11.8 Å². The Balaban J connectivity index is 1.38. The average Bonchev–Trinajstić information content (AvgIpc) is 2.88. The van der Waals surface area contributed by atoms with E-state index >= 15 is 0 Å². The van der Waals surface area contributed by atoms with Gasteiger partial charge in [-0.1, -0.05) is 72.8 Å². The van der Waals surface area contributed by atoms with Crippen molar-refractivity contribution < 1.29 is 13.9 Å². The lowest BCUT2D eigenvalue weighted by Gasteiger charge is -2.18. The molecule has 0 fully saturated rings. The van der Waals surface area contributed by atoms with E-state index in [1.54, 1.807) is 23.9 Å². The van der Waals surface area contributed by atoms with E-state index in [4.69, 9.17) is 4.74 Å². The van der Waals surface area contributed by atoms with Crippen LogP contribution in [-0.2, 0) is 28.3 Å². The van der Waals surface area contributed by atoms with E-state index in [1.807, 2.05) is 72.8 Å². The van der Waals surface area contributed by atoms with Crippen LogP contribution in [0.3, 0.4) is 0 Å². The summed E-state index contributed by atoms with van der Waals surface area (Å²) >= 11 is 1.75. The van der Waals surface area contributed by atoms with Crippen LogP contribution in [0.1, 0.15) is 16.7 Å². The van der Waals surface area contributed by atoms with Crippen molar-refractivity contribution in [1.29, 1.82) is 0 Å². The van der Waals surface area contributed by atoms with Crippen LogP contribution in [0.4, 0.5) is 10.1 Å². The molecule has 0 aliphatic rings. The Hall–Kier alpha value is -3.41. The van der Waals surface area contributed by atoms with Crippen LogP contribution >= 0.6 is 11.8 Å². The highest BCUT2D eigenvalue weighted by molar-refractivity contribution is 7.98. The van der Waals surface area contributed by atoms with Gasteiger partial charge in [-0.05, 0) is 53.1 Å². The Labute approximate surface area is 204 Å². The molecule has 0 radical (unpaired) electrons. The molecular weight excluding hydrogens is 445 g/mol. The fourth-order valence-corrected chi connectivity index (χ4v) is 4.29. The predicted octanol–water partition coefficient (Wildman–Crippen LogP) is 6.88. The van der Waals surface area contributed by atoms with Gasteiger partial charge in [-0.2, -0.15) is 0 Å². The molecule has 3 nitrogen and oxygen atoms in total. The zero-order valence-corrected chi connectivity index (χ0v) is 19.5. The first-order valence-electron chi connectivity index (χ1n) is 11.1. The molecule has 0 saturated heterocycles. The second-order valence-corrected chi connectivity index (χ2v) is 8.95. The molecule has 0 spiro atoms. The Kier molecular flexibility index (Phi) is 8.49. The maximum Gasteiger partial charge on any atom is 0.253 e. The summed E-state index contributed by atoms with van der Waals surface area (Å²) in [4.78, 5) is 14.2. The molecule has 34 heavy (non-hydrogen) atoms. The lowest BCUT2D eigenvalue weighted by atomic mass is 10.1. The molecule has 5 heteroatoms. The highest BCUT2D eigenvalue weighted by Crippen LogP contribution is 2.24. The van der Waals surface area contributed by atoms with Crippen molar-refractivity contribution in [3.8, 4) is 0 Å². The topological polar surface area (TPSA) is 38.3 Å². The first kappa shape index (κ1) is 23.7. The lowest BCUT2D eigenvalue weighted by Crippen LogP contribution is -2.32. The van der Waals surface area contributed by atoms with E-state index in [2.05, 4.69) is 17.4 Å². The molecule has 1 atom stereocenters. The van der Waals surface area contributed by atoms with Gasteiger partial charge in [0.1, 0.15) is 11.9 Å². The lowest BCUT2D eigenvalue weighted by molar-refractivity contribution is -0.128. The van der Waals surface area contributed by atoms with E-state index in [0.29, 0.717) is 6.42 Å². The molecule has 1 amide bonds. The van der Waals surface area contributed by atoms with Gasteiger partial charge in [0.25, 0.3) is 5.91 Å². The fraction of sp³-hybridized carbons (Fsp3) is 0.138. The third kappa shape index (κ3) is 7.30. The van der Waals surface area contributed by atoms with Gasteiger partial charge in [0.05, 0.1) is 6.61 Å². The minimum Gasteiger partial charge on any atom is -0.363 e. The van der Waals surface area contributed by atoms with Crippen molar-refractivity contribution in [2.24, 2.45) is 0 Å². The van der Waals surface area contributed by atoms with E-state index in [-0.39, 0.29) is 18.3 Å². The van der Waals surface area contributed by atoms with Crippen molar-refractivity contribution in [3.05, 3.63) is 132 Å². The van der Waals surface area contributed by atoms with Crippen molar-refractivity contribution >= 4 is 23.4 Å². The Morgan fingerprint density at radius 2 is 1.38 bits per heavy atom. The number of hydrogen-bond acceptors (Lipinski definition) is 3. The Bertz CT molecular complexity index is 1170. The third-order valence-corrected chi connectivity index (χ3v) is 6.37. The molecule has 0 saturated carbocycles. The number of anilines is 1. The van der Waals surface area contributed by atoms with Gasteiger partial charge in [-0.25, -0.2) is 4.39 Å². The number of halogens is 1. The molecule has 172 valence electrons. The summed E-state index contributed by atoms with van der Waals surface area (Å²) in [5, 5.41) is 2.98. The number of ether oxygens (including phenoxy) is 1. The number of hydrogen-bond donors (Lipinski definition) is 1. The highest BCUT2D eigenvalue weighted by atomic mass is 32.2. The van der Waals surface area contributed by atoms with Crippen molar-refractivity contribution in [1.82, 2.24) is 0 Å². The molecule has 4 aromatic carbocycles. The summed E-state index contributed by atoms with van der Waals surface area (Å²) in [7, 11) is 0. The van der Waals surface area contributed by atoms with Gasteiger partial charge < -0.3 is 10.1 Å². The molecule has 4 aromatic rings.